The van der Waals surface area contributed by atoms with Crippen molar-refractivity contribution in [2.24, 2.45) is 0 Å². The Morgan fingerprint density at radius 3 is 2.67 bits per heavy atom. The van der Waals surface area contributed by atoms with E-state index in [1.54, 1.807) is 0 Å². The molecule has 1 aromatic heterocycles. The summed E-state index contributed by atoms with van der Waals surface area (Å²) in [5.41, 5.74) is 0. The minimum absolute atomic E-state index is 0.0264. The molecule has 0 saturated carbocycles. The molecule has 1 rings (SSSR count). The summed E-state index contributed by atoms with van der Waals surface area (Å²) in [5, 5.41) is 0.164. The Bertz CT molecular complexity index is 506. The summed E-state index contributed by atoms with van der Waals surface area (Å²) in [6.45, 7) is 4.22. The molecule has 0 aliphatic carbocycles. The first-order valence-electron chi connectivity index (χ1n) is 5.25. The lowest BCUT2D eigenvalue weighted by atomic mass is 10.5. The van der Waals surface area contributed by atoms with Crippen LogP contribution < -0.4 is 4.72 Å². The van der Waals surface area contributed by atoms with Crippen LogP contribution >= 0.6 is 23.2 Å². The van der Waals surface area contributed by atoms with E-state index in [0.717, 1.165) is 6.20 Å². The fourth-order valence-corrected chi connectivity index (χ4v) is 2.42. The lowest BCUT2D eigenvalue weighted by Gasteiger charge is -2.09. The van der Waals surface area contributed by atoms with E-state index in [9.17, 15) is 8.42 Å². The summed E-state index contributed by atoms with van der Waals surface area (Å²) in [6.07, 6.45) is 1.21. The van der Waals surface area contributed by atoms with Crippen LogP contribution in [0.2, 0.25) is 10.2 Å². The van der Waals surface area contributed by atoms with Gasteiger partial charge in [0.15, 0.2) is 0 Å². The third-order valence-electron chi connectivity index (χ3n) is 1.93. The average molecular weight is 313 g/mol. The molecule has 0 fully saturated rings. The standard InChI is InChI=1S/C10H14Cl2N2O3S/c1-7(2)17-4-3-14-18(15,16)8-5-9(11)10(12)13-6-8/h5-7,14H,3-4H2,1-2H3. The van der Waals surface area contributed by atoms with Gasteiger partial charge >= 0.3 is 0 Å². The van der Waals surface area contributed by atoms with Gasteiger partial charge in [-0.2, -0.15) is 0 Å². The molecule has 0 atom stereocenters. The number of ether oxygens (including phenoxy) is 1. The zero-order valence-corrected chi connectivity index (χ0v) is 12.3. The van der Waals surface area contributed by atoms with Crippen molar-refractivity contribution in [3.63, 3.8) is 0 Å². The van der Waals surface area contributed by atoms with Crippen LogP contribution in [-0.4, -0.2) is 32.7 Å². The molecule has 0 aliphatic rings. The summed E-state index contributed by atoms with van der Waals surface area (Å²) >= 11 is 11.3. The number of hydrogen-bond donors (Lipinski definition) is 1. The molecule has 0 aromatic carbocycles. The van der Waals surface area contributed by atoms with Crippen molar-refractivity contribution in [2.75, 3.05) is 13.2 Å². The summed E-state index contributed by atoms with van der Waals surface area (Å²) in [7, 11) is -3.63. The monoisotopic (exact) mass is 312 g/mol. The van der Waals surface area contributed by atoms with E-state index in [1.807, 2.05) is 13.8 Å². The summed E-state index contributed by atoms with van der Waals surface area (Å²) in [5.74, 6) is 0. The first-order chi connectivity index (χ1) is 8.33. The number of hydrogen-bond acceptors (Lipinski definition) is 4. The topological polar surface area (TPSA) is 68.3 Å². The van der Waals surface area contributed by atoms with E-state index in [0.29, 0.717) is 6.61 Å². The number of nitrogens with one attached hydrogen (secondary N) is 1. The van der Waals surface area contributed by atoms with Crippen molar-refractivity contribution in [3.05, 3.63) is 22.4 Å². The van der Waals surface area contributed by atoms with Gasteiger partial charge in [0, 0.05) is 12.7 Å². The molecule has 1 heterocycles. The van der Waals surface area contributed by atoms with E-state index < -0.39 is 10.0 Å². The van der Waals surface area contributed by atoms with Crippen molar-refractivity contribution in [2.45, 2.75) is 24.8 Å². The highest BCUT2D eigenvalue weighted by Crippen LogP contribution is 2.21. The molecule has 18 heavy (non-hydrogen) atoms. The van der Waals surface area contributed by atoms with Crippen molar-refractivity contribution in [3.8, 4) is 0 Å². The summed E-state index contributed by atoms with van der Waals surface area (Å²) in [4.78, 5) is 3.66. The number of halogens is 2. The highest BCUT2D eigenvalue weighted by Gasteiger charge is 2.15. The third-order valence-corrected chi connectivity index (χ3v) is 4.04. The zero-order chi connectivity index (χ0) is 13.8. The average Bonchev–Trinajstić information content (AvgIpc) is 2.28. The first-order valence-corrected chi connectivity index (χ1v) is 7.49. The Hall–Kier alpha value is -0.400. The minimum atomic E-state index is -3.63. The Kier molecular flexibility index (Phi) is 5.81. The van der Waals surface area contributed by atoms with Gasteiger partial charge in [-0.1, -0.05) is 23.2 Å². The largest absolute Gasteiger partial charge is 0.377 e. The highest BCUT2D eigenvalue weighted by atomic mass is 35.5. The Balaban J connectivity index is 2.66. The quantitative estimate of drug-likeness (QED) is 0.645. The van der Waals surface area contributed by atoms with Crippen LogP contribution in [0.25, 0.3) is 0 Å². The molecule has 102 valence electrons. The van der Waals surface area contributed by atoms with Gasteiger partial charge in [0.1, 0.15) is 10.0 Å². The van der Waals surface area contributed by atoms with Crippen LogP contribution in [0.3, 0.4) is 0 Å². The Labute approximate surface area is 117 Å². The number of sulfonamides is 1. The fraction of sp³-hybridized carbons (Fsp3) is 0.500. The molecule has 8 heteroatoms. The first kappa shape index (κ1) is 15.7. The number of pyridine rings is 1. The molecule has 0 spiro atoms. The molecule has 0 radical (unpaired) electrons. The second-order valence-electron chi connectivity index (χ2n) is 3.76. The van der Waals surface area contributed by atoms with Crippen molar-refractivity contribution >= 4 is 33.2 Å². The SMILES string of the molecule is CC(C)OCCNS(=O)(=O)c1cnc(Cl)c(Cl)c1. The molecule has 1 aromatic rings. The summed E-state index contributed by atoms with van der Waals surface area (Å²) in [6, 6.07) is 1.25. The van der Waals surface area contributed by atoms with E-state index in [-0.39, 0.29) is 27.7 Å². The van der Waals surface area contributed by atoms with E-state index in [1.165, 1.54) is 6.07 Å². The molecular formula is C10H14Cl2N2O3S. The van der Waals surface area contributed by atoms with Crippen LogP contribution in [0.1, 0.15) is 13.8 Å². The molecule has 0 amide bonds. The Morgan fingerprint density at radius 2 is 2.11 bits per heavy atom. The minimum Gasteiger partial charge on any atom is -0.377 e. The lowest BCUT2D eigenvalue weighted by molar-refractivity contribution is 0.0834. The van der Waals surface area contributed by atoms with Crippen molar-refractivity contribution in [1.82, 2.24) is 9.71 Å². The molecule has 0 bridgehead atoms. The maximum atomic E-state index is 11.8. The maximum absolute atomic E-state index is 11.8. The number of aromatic nitrogens is 1. The van der Waals surface area contributed by atoms with Gasteiger partial charge in [-0.05, 0) is 19.9 Å². The molecule has 0 unspecified atom stereocenters. The van der Waals surface area contributed by atoms with E-state index in [2.05, 4.69) is 9.71 Å². The van der Waals surface area contributed by atoms with Gasteiger partial charge in [0.2, 0.25) is 10.0 Å². The normalized spacial score (nSPS) is 12.1. The molecular weight excluding hydrogens is 299 g/mol. The van der Waals surface area contributed by atoms with Gasteiger partial charge < -0.3 is 4.74 Å². The maximum Gasteiger partial charge on any atom is 0.242 e. The van der Waals surface area contributed by atoms with Gasteiger partial charge in [-0.25, -0.2) is 18.1 Å². The fourth-order valence-electron chi connectivity index (χ4n) is 1.10. The van der Waals surface area contributed by atoms with E-state index >= 15 is 0 Å². The van der Waals surface area contributed by atoms with Gasteiger partial charge in [-0.15, -0.1) is 0 Å². The van der Waals surface area contributed by atoms with E-state index in [4.69, 9.17) is 27.9 Å². The predicted molar refractivity (Wildman–Crippen MR) is 70.5 cm³/mol. The predicted octanol–water partition coefficient (Wildman–Crippen LogP) is 2.09. The lowest BCUT2D eigenvalue weighted by Crippen LogP contribution is -2.28. The van der Waals surface area contributed by atoms with Crippen molar-refractivity contribution < 1.29 is 13.2 Å². The summed E-state index contributed by atoms with van der Waals surface area (Å²) < 4.78 is 31.3. The third kappa shape index (κ3) is 4.70. The number of rotatable bonds is 6. The van der Waals surface area contributed by atoms with Crippen LogP contribution in [-0.2, 0) is 14.8 Å². The van der Waals surface area contributed by atoms with Gasteiger partial charge in [-0.3, -0.25) is 0 Å². The van der Waals surface area contributed by atoms with Crippen LogP contribution in [0.15, 0.2) is 17.2 Å². The molecule has 0 aliphatic heterocycles. The highest BCUT2D eigenvalue weighted by molar-refractivity contribution is 7.89. The number of nitrogens with zero attached hydrogens (tertiary/aromatic N) is 1. The Morgan fingerprint density at radius 1 is 1.44 bits per heavy atom. The van der Waals surface area contributed by atoms with Gasteiger partial charge in [0.25, 0.3) is 0 Å². The second kappa shape index (κ2) is 6.68. The molecule has 1 N–H and O–H groups in total. The molecule has 0 saturated heterocycles. The van der Waals surface area contributed by atoms with Gasteiger partial charge in [0.05, 0.1) is 17.7 Å². The van der Waals surface area contributed by atoms with Crippen LogP contribution in [0, 0.1) is 0 Å². The molecule has 5 nitrogen and oxygen atoms in total. The second-order valence-corrected chi connectivity index (χ2v) is 6.29. The zero-order valence-electron chi connectivity index (χ0n) is 9.98. The van der Waals surface area contributed by atoms with Crippen molar-refractivity contribution in [1.29, 1.82) is 0 Å². The smallest absolute Gasteiger partial charge is 0.242 e. The van der Waals surface area contributed by atoms with Crippen LogP contribution in [0.4, 0.5) is 0 Å². The van der Waals surface area contributed by atoms with Crippen LogP contribution in [0.5, 0.6) is 0 Å².